The van der Waals surface area contributed by atoms with Crippen molar-refractivity contribution in [3.8, 4) is 5.75 Å². The van der Waals surface area contributed by atoms with E-state index in [9.17, 15) is 9.90 Å². The predicted molar refractivity (Wildman–Crippen MR) is 80.1 cm³/mol. The van der Waals surface area contributed by atoms with Crippen LogP contribution in [0.1, 0.15) is 27.0 Å². The van der Waals surface area contributed by atoms with Crippen molar-refractivity contribution in [1.82, 2.24) is 5.32 Å². The number of hydrogen-bond donors (Lipinski definition) is 2. The molecule has 0 aliphatic carbocycles. The van der Waals surface area contributed by atoms with Crippen molar-refractivity contribution in [3.63, 3.8) is 0 Å². The molecule has 0 bridgehead atoms. The predicted octanol–water partition coefficient (Wildman–Crippen LogP) is 2.98. The first-order valence-electron chi connectivity index (χ1n) is 6.70. The fraction of sp³-hybridized carbons (Fsp3) is 0.235. The molecule has 0 aliphatic heterocycles. The van der Waals surface area contributed by atoms with Crippen molar-refractivity contribution in [3.05, 3.63) is 64.7 Å². The van der Waals surface area contributed by atoms with Gasteiger partial charge < -0.3 is 10.4 Å². The molecule has 0 aliphatic rings. The average molecular weight is 269 g/mol. The Morgan fingerprint density at radius 1 is 1.10 bits per heavy atom. The van der Waals surface area contributed by atoms with Crippen LogP contribution in [0.4, 0.5) is 0 Å². The van der Waals surface area contributed by atoms with Gasteiger partial charge in [-0.1, -0.05) is 24.3 Å². The summed E-state index contributed by atoms with van der Waals surface area (Å²) in [7, 11) is 0. The summed E-state index contributed by atoms with van der Waals surface area (Å²) in [4.78, 5) is 12.1. The van der Waals surface area contributed by atoms with E-state index in [0.29, 0.717) is 12.1 Å². The standard InChI is InChI=1S/C17H19NO2/c1-12-5-3-4-6-14(12)9-10-18-17(20)16-8-7-15(19)11-13(16)2/h3-8,11,19H,9-10H2,1-2H3,(H,18,20). The third-order valence-corrected chi connectivity index (χ3v) is 3.40. The van der Waals surface area contributed by atoms with Crippen molar-refractivity contribution >= 4 is 5.91 Å². The zero-order valence-corrected chi connectivity index (χ0v) is 11.8. The SMILES string of the molecule is Cc1ccccc1CCNC(=O)c1ccc(O)cc1C. The number of benzene rings is 2. The first kappa shape index (κ1) is 14.1. The highest BCUT2D eigenvalue weighted by atomic mass is 16.3. The largest absolute Gasteiger partial charge is 0.508 e. The molecule has 2 rings (SSSR count). The Bertz CT molecular complexity index is 620. The van der Waals surface area contributed by atoms with Gasteiger partial charge in [-0.25, -0.2) is 0 Å². The van der Waals surface area contributed by atoms with Crippen LogP contribution in [0.15, 0.2) is 42.5 Å². The van der Waals surface area contributed by atoms with Gasteiger partial charge in [-0.15, -0.1) is 0 Å². The Kier molecular flexibility index (Phi) is 4.41. The molecule has 104 valence electrons. The van der Waals surface area contributed by atoms with Crippen molar-refractivity contribution in [2.45, 2.75) is 20.3 Å². The van der Waals surface area contributed by atoms with Gasteiger partial charge in [-0.2, -0.15) is 0 Å². The maximum Gasteiger partial charge on any atom is 0.251 e. The third-order valence-electron chi connectivity index (χ3n) is 3.40. The van der Waals surface area contributed by atoms with Gasteiger partial charge in [0, 0.05) is 12.1 Å². The van der Waals surface area contributed by atoms with E-state index in [-0.39, 0.29) is 11.7 Å². The summed E-state index contributed by atoms with van der Waals surface area (Å²) in [5.41, 5.74) is 3.86. The van der Waals surface area contributed by atoms with Crippen LogP contribution < -0.4 is 5.32 Å². The second-order valence-electron chi connectivity index (χ2n) is 4.93. The molecule has 0 unspecified atom stereocenters. The van der Waals surface area contributed by atoms with Crippen LogP contribution in [0.5, 0.6) is 5.75 Å². The molecule has 0 heterocycles. The Hall–Kier alpha value is -2.29. The lowest BCUT2D eigenvalue weighted by Crippen LogP contribution is -2.26. The number of aromatic hydroxyl groups is 1. The highest BCUT2D eigenvalue weighted by Gasteiger charge is 2.08. The number of phenolic OH excluding ortho intramolecular Hbond substituents is 1. The molecule has 0 spiro atoms. The number of phenols is 1. The molecule has 0 radical (unpaired) electrons. The van der Waals surface area contributed by atoms with Crippen LogP contribution in [0.25, 0.3) is 0 Å². The maximum absolute atomic E-state index is 12.1. The summed E-state index contributed by atoms with van der Waals surface area (Å²) >= 11 is 0. The van der Waals surface area contributed by atoms with Crippen LogP contribution >= 0.6 is 0 Å². The lowest BCUT2D eigenvalue weighted by Gasteiger charge is -2.09. The minimum atomic E-state index is -0.101. The quantitative estimate of drug-likeness (QED) is 0.896. The number of rotatable bonds is 4. The zero-order chi connectivity index (χ0) is 14.5. The van der Waals surface area contributed by atoms with Gasteiger partial charge in [0.25, 0.3) is 5.91 Å². The Morgan fingerprint density at radius 3 is 2.55 bits per heavy atom. The first-order chi connectivity index (χ1) is 9.58. The molecule has 3 heteroatoms. The third kappa shape index (κ3) is 3.38. The van der Waals surface area contributed by atoms with Crippen LogP contribution in [-0.2, 0) is 6.42 Å². The van der Waals surface area contributed by atoms with Crippen LogP contribution in [-0.4, -0.2) is 17.6 Å². The fourth-order valence-electron chi connectivity index (χ4n) is 2.20. The minimum Gasteiger partial charge on any atom is -0.508 e. The van der Waals surface area contributed by atoms with E-state index in [1.165, 1.54) is 17.2 Å². The van der Waals surface area contributed by atoms with E-state index in [0.717, 1.165) is 12.0 Å². The van der Waals surface area contributed by atoms with Gasteiger partial charge in [0.2, 0.25) is 0 Å². The van der Waals surface area contributed by atoms with Crippen LogP contribution in [0.2, 0.25) is 0 Å². The summed E-state index contributed by atoms with van der Waals surface area (Å²) < 4.78 is 0. The molecule has 2 aromatic carbocycles. The minimum absolute atomic E-state index is 0.101. The second-order valence-corrected chi connectivity index (χ2v) is 4.93. The van der Waals surface area contributed by atoms with E-state index in [1.807, 2.05) is 19.1 Å². The van der Waals surface area contributed by atoms with Crippen LogP contribution in [0, 0.1) is 13.8 Å². The molecule has 0 fully saturated rings. The number of amides is 1. The Morgan fingerprint density at radius 2 is 1.85 bits per heavy atom. The maximum atomic E-state index is 12.1. The van der Waals surface area contributed by atoms with Gasteiger partial charge in [0.15, 0.2) is 0 Å². The Balaban J connectivity index is 1.94. The van der Waals surface area contributed by atoms with E-state index < -0.39 is 0 Å². The highest BCUT2D eigenvalue weighted by molar-refractivity contribution is 5.95. The summed E-state index contributed by atoms with van der Waals surface area (Å²) in [6.45, 7) is 4.49. The van der Waals surface area contributed by atoms with Gasteiger partial charge in [-0.05, 0) is 55.2 Å². The number of nitrogens with one attached hydrogen (secondary N) is 1. The number of carbonyl (C=O) groups excluding carboxylic acids is 1. The summed E-state index contributed by atoms with van der Waals surface area (Å²) in [6.07, 6.45) is 0.815. The number of hydrogen-bond acceptors (Lipinski definition) is 2. The van der Waals surface area contributed by atoms with Crippen molar-refractivity contribution in [2.24, 2.45) is 0 Å². The van der Waals surface area contributed by atoms with E-state index >= 15 is 0 Å². The second kappa shape index (κ2) is 6.24. The monoisotopic (exact) mass is 269 g/mol. The van der Waals surface area contributed by atoms with Gasteiger partial charge in [0.1, 0.15) is 5.75 Å². The highest BCUT2D eigenvalue weighted by Crippen LogP contribution is 2.15. The van der Waals surface area contributed by atoms with Gasteiger partial charge in [0.05, 0.1) is 0 Å². The van der Waals surface area contributed by atoms with Crippen LogP contribution in [0.3, 0.4) is 0 Å². The van der Waals surface area contributed by atoms with Crippen molar-refractivity contribution < 1.29 is 9.90 Å². The lowest BCUT2D eigenvalue weighted by molar-refractivity contribution is 0.0953. The molecule has 0 saturated heterocycles. The normalized spacial score (nSPS) is 10.3. The molecule has 1 amide bonds. The Labute approximate surface area is 119 Å². The number of carbonyl (C=O) groups is 1. The van der Waals surface area contributed by atoms with Gasteiger partial charge >= 0.3 is 0 Å². The fourth-order valence-corrected chi connectivity index (χ4v) is 2.20. The molecule has 2 N–H and O–H groups in total. The zero-order valence-electron chi connectivity index (χ0n) is 11.8. The van der Waals surface area contributed by atoms with Gasteiger partial charge in [-0.3, -0.25) is 4.79 Å². The molecule has 0 aromatic heterocycles. The molecular formula is C17H19NO2. The summed E-state index contributed by atoms with van der Waals surface area (Å²) in [6, 6.07) is 12.9. The number of aryl methyl sites for hydroxylation is 2. The summed E-state index contributed by atoms with van der Waals surface area (Å²) in [5, 5.41) is 12.3. The lowest BCUT2D eigenvalue weighted by atomic mass is 10.1. The van der Waals surface area contributed by atoms with E-state index in [1.54, 1.807) is 12.1 Å². The molecule has 2 aromatic rings. The average Bonchev–Trinajstić information content (AvgIpc) is 2.40. The molecule has 0 saturated carbocycles. The van der Waals surface area contributed by atoms with Crippen molar-refractivity contribution in [2.75, 3.05) is 6.54 Å². The van der Waals surface area contributed by atoms with E-state index in [4.69, 9.17) is 0 Å². The topological polar surface area (TPSA) is 49.3 Å². The van der Waals surface area contributed by atoms with Crippen molar-refractivity contribution in [1.29, 1.82) is 0 Å². The summed E-state index contributed by atoms with van der Waals surface area (Å²) in [5.74, 6) is 0.0787. The van der Waals surface area contributed by atoms with E-state index in [2.05, 4.69) is 24.4 Å². The first-order valence-corrected chi connectivity index (χ1v) is 6.70. The smallest absolute Gasteiger partial charge is 0.251 e. The molecular weight excluding hydrogens is 250 g/mol. The molecule has 3 nitrogen and oxygen atoms in total. The molecule has 20 heavy (non-hydrogen) atoms. The molecule has 0 atom stereocenters.